The summed E-state index contributed by atoms with van der Waals surface area (Å²) >= 11 is 0. The Kier molecular flexibility index (Phi) is 10.4. The van der Waals surface area contributed by atoms with E-state index < -0.39 is 11.9 Å². The molecule has 0 amide bonds. The molecule has 0 aliphatic heterocycles. The number of rotatable bonds is 0. The van der Waals surface area contributed by atoms with Gasteiger partial charge in [0.05, 0.1) is 0 Å². The van der Waals surface area contributed by atoms with Crippen molar-refractivity contribution in [3.8, 4) is 0 Å². The maximum absolute atomic E-state index is 9.00. The highest BCUT2D eigenvalue weighted by Gasteiger charge is 2.15. The molecule has 0 aromatic rings. The lowest BCUT2D eigenvalue weighted by Crippen LogP contribution is -1.84. The molecule has 2 unspecified atom stereocenters. The lowest BCUT2D eigenvalue weighted by Gasteiger charge is -1.96. The number of carboxylic acids is 2. The molecule has 90 valence electrons. The standard InChI is InChI=1S/C7H14.2C2H4O2/c1-6-3-4-7(2)5-6;2*1-2(3)4/h6-7H,3-5H2,1-2H3;2*1H3,(H,3,4). The van der Waals surface area contributed by atoms with Gasteiger partial charge in [0, 0.05) is 13.8 Å². The molecule has 0 aromatic heterocycles. The third kappa shape index (κ3) is 24.6. The van der Waals surface area contributed by atoms with Crippen LogP contribution in [0.2, 0.25) is 0 Å². The lowest BCUT2D eigenvalue weighted by molar-refractivity contribution is -0.135. The number of aliphatic carboxylic acids is 2. The van der Waals surface area contributed by atoms with Crippen LogP contribution < -0.4 is 0 Å². The molecule has 0 aromatic carbocycles. The second-order valence-corrected chi connectivity index (χ2v) is 4.06. The zero-order valence-electron chi connectivity index (χ0n) is 9.99. The number of carboxylic acid groups (broad SMARTS) is 2. The van der Waals surface area contributed by atoms with Crippen molar-refractivity contribution >= 4 is 11.9 Å². The second-order valence-electron chi connectivity index (χ2n) is 4.06. The van der Waals surface area contributed by atoms with Crippen molar-refractivity contribution in [1.29, 1.82) is 0 Å². The fourth-order valence-electron chi connectivity index (χ4n) is 1.49. The van der Waals surface area contributed by atoms with Crippen LogP contribution in [-0.4, -0.2) is 22.2 Å². The molecule has 15 heavy (non-hydrogen) atoms. The summed E-state index contributed by atoms with van der Waals surface area (Å²) in [6.07, 6.45) is 4.42. The zero-order valence-corrected chi connectivity index (χ0v) is 9.99. The van der Waals surface area contributed by atoms with Crippen LogP contribution >= 0.6 is 0 Å². The molecule has 0 heterocycles. The van der Waals surface area contributed by atoms with Crippen LogP contribution in [0.1, 0.15) is 47.0 Å². The zero-order chi connectivity index (χ0) is 12.4. The molecule has 2 N–H and O–H groups in total. The van der Waals surface area contributed by atoms with Gasteiger partial charge in [-0.1, -0.05) is 26.7 Å². The highest BCUT2D eigenvalue weighted by atomic mass is 16.4. The van der Waals surface area contributed by atoms with E-state index >= 15 is 0 Å². The summed E-state index contributed by atoms with van der Waals surface area (Å²) in [5.41, 5.74) is 0. The first-order valence-electron chi connectivity index (χ1n) is 5.14. The van der Waals surface area contributed by atoms with E-state index in [2.05, 4.69) is 13.8 Å². The number of hydrogen-bond acceptors (Lipinski definition) is 2. The van der Waals surface area contributed by atoms with E-state index in [1.165, 1.54) is 19.3 Å². The summed E-state index contributed by atoms with van der Waals surface area (Å²) in [7, 11) is 0. The van der Waals surface area contributed by atoms with Crippen LogP contribution in [-0.2, 0) is 9.59 Å². The minimum absolute atomic E-state index is 0.833. The van der Waals surface area contributed by atoms with Gasteiger partial charge in [-0.2, -0.15) is 0 Å². The molecule has 0 spiro atoms. The highest BCUT2D eigenvalue weighted by Crippen LogP contribution is 2.29. The normalized spacial score (nSPS) is 22.9. The first-order valence-corrected chi connectivity index (χ1v) is 5.14. The Morgan fingerprint density at radius 3 is 1.20 bits per heavy atom. The quantitative estimate of drug-likeness (QED) is 0.655. The molecule has 0 radical (unpaired) electrons. The molecule has 1 fully saturated rings. The van der Waals surface area contributed by atoms with Crippen molar-refractivity contribution in [2.24, 2.45) is 11.8 Å². The van der Waals surface area contributed by atoms with Gasteiger partial charge in [0.2, 0.25) is 0 Å². The van der Waals surface area contributed by atoms with E-state index in [-0.39, 0.29) is 0 Å². The molecule has 1 saturated carbocycles. The van der Waals surface area contributed by atoms with Crippen molar-refractivity contribution in [3.63, 3.8) is 0 Å². The summed E-state index contributed by atoms with van der Waals surface area (Å²) in [5, 5.41) is 14.8. The van der Waals surface area contributed by atoms with E-state index in [1.807, 2.05) is 0 Å². The summed E-state index contributed by atoms with van der Waals surface area (Å²) in [4.78, 5) is 18.0. The van der Waals surface area contributed by atoms with E-state index in [0.29, 0.717) is 0 Å². The van der Waals surface area contributed by atoms with Gasteiger partial charge in [0.25, 0.3) is 11.9 Å². The van der Waals surface area contributed by atoms with E-state index in [9.17, 15) is 0 Å². The lowest BCUT2D eigenvalue weighted by atomic mass is 10.1. The predicted molar refractivity (Wildman–Crippen MR) is 58.8 cm³/mol. The molecule has 1 aliphatic carbocycles. The van der Waals surface area contributed by atoms with Crippen LogP contribution in [0, 0.1) is 11.8 Å². The Labute approximate surface area is 91.3 Å². The Morgan fingerprint density at radius 2 is 1.13 bits per heavy atom. The summed E-state index contributed by atoms with van der Waals surface area (Å²) < 4.78 is 0. The average molecular weight is 218 g/mol. The smallest absolute Gasteiger partial charge is 0.300 e. The fourth-order valence-corrected chi connectivity index (χ4v) is 1.49. The molecule has 1 rings (SSSR count). The van der Waals surface area contributed by atoms with Gasteiger partial charge in [-0.3, -0.25) is 9.59 Å². The first-order chi connectivity index (χ1) is 6.75. The largest absolute Gasteiger partial charge is 0.481 e. The van der Waals surface area contributed by atoms with Crippen molar-refractivity contribution in [1.82, 2.24) is 0 Å². The molecule has 4 heteroatoms. The van der Waals surface area contributed by atoms with Gasteiger partial charge in [0.1, 0.15) is 0 Å². The second kappa shape index (κ2) is 9.49. The Hall–Kier alpha value is -1.06. The van der Waals surface area contributed by atoms with Gasteiger partial charge in [-0.25, -0.2) is 0 Å². The van der Waals surface area contributed by atoms with Crippen LogP contribution in [0.15, 0.2) is 0 Å². The van der Waals surface area contributed by atoms with E-state index in [4.69, 9.17) is 19.8 Å². The SMILES string of the molecule is CC(=O)O.CC(=O)O.CC1CCC(C)C1. The first kappa shape index (κ1) is 16.4. The molecule has 2 atom stereocenters. The van der Waals surface area contributed by atoms with Gasteiger partial charge >= 0.3 is 0 Å². The van der Waals surface area contributed by atoms with Gasteiger partial charge < -0.3 is 10.2 Å². The Balaban J connectivity index is 0. The average Bonchev–Trinajstić information content (AvgIpc) is 2.31. The van der Waals surface area contributed by atoms with Crippen molar-refractivity contribution < 1.29 is 19.8 Å². The molecular formula is C11H22O4. The molecule has 0 saturated heterocycles. The maximum Gasteiger partial charge on any atom is 0.300 e. The van der Waals surface area contributed by atoms with Crippen LogP contribution in [0.25, 0.3) is 0 Å². The van der Waals surface area contributed by atoms with E-state index in [0.717, 1.165) is 25.7 Å². The third-order valence-corrected chi connectivity index (χ3v) is 1.96. The molecular weight excluding hydrogens is 196 g/mol. The van der Waals surface area contributed by atoms with Crippen LogP contribution in [0.3, 0.4) is 0 Å². The summed E-state index contributed by atoms with van der Waals surface area (Å²) in [6, 6.07) is 0. The highest BCUT2D eigenvalue weighted by molar-refractivity contribution is 5.63. The Bertz CT molecular complexity index is 161. The minimum atomic E-state index is -0.833. The fraction of sp³-hybridized carbons (Fsp3) is 0.818. The number of carbonyl (C=O) groups is 2. The molecule has 1 aliphatic rings. The van der Waals surface area contributed by atoms with Crippen LogP contribution in [0.4, 0.5) is 0 Å². The topological polar surface area (TPSA) is 74.6 Å². The summed E-state index contributed by atoms with van der Waals surface area (Å²) in [5.74, 6) is 0.380. The molecule has 0 bridgehead atoms. The monoisotopic (exact) mass is 218 g/mol. The van der Waals surface area contributed by atoms with Gasteiger partial charge in [-0.05, 0) is 18.3 Å². The maximum atomic E-state index is 9.00. The predicted octanol–water partition coefficient (Wildman–Crippen LogP) is 2.62. The van der Waals surface area contributed by atoms with Crippen molar-refractivity contribution in [2.75, 3.05) is 0 Å². The third-order valence-electron chi connectivity index (χ3n) is 1.96. The van der Waals surface area contributed by atoms with Gasteiger partial charge in [-0.15, -0.1) is 0 Å². The van der Waals surface area contributed by atoms with Crippen LogP contribution in [0.5, 0.6) is 0 Å². The Morgan fingerprint density at radius 1 is 0.933 bits per heavy atom. The minimum Gasteiger partial charge on any atom is -0.481 e. The van der Waals surface area contributed by atoms with Gasteiger partial charge in [0.15, 0.2) is 0 Å². The van der Waals surface area contributed by atoms with Crippen molar-refractivity contribution in [3.05, 3.63) is 0 Å². The number of hydrogen-bond donors (Lipinski definition) is 2. The molecule has 4 nitrogen and oxygen atoms in total. The van der Waals surface area contributed by atoms with E-state index in [1.54, 1.807) is 0 Å². The summed E-state index contributed by atoms with van der Waals surface area (Å²) in [6.45, 7) is 6.87. The van der Waals surface area contributed by atoms with Crippen molar-refractivity contribution in [2.45, 2.75) is 47.0 Å².